The lowest BCUT2D eigenvalue weighted by molar-refractivity contribution is -0.149. The number of amides is 2. The minimum Gasteiger partial charge on any atom is -0.464 e. The van der Waals surface area contributed by atoms with Crippen LogP contribution in [-0.4, -0.2) is 47.0 Å². The monoisotopic (exact) mass is 352 g/mol. The van der Waals surface area contributed by atoms with E-state index in [1.807, 2.05) is 32.9 Å². The molecule has 1 saturated heterocycles. The molecule has 0 aromatic heterocycles. The Morgan fingerprint density at radius 3 is 2.38 bits per heavy atom. The van der Waals surface area contributed by atoms with E-state index in [9.17, 15) is 9.59 Å². The van der Waals surface area contributed by atoms with Crippen molar-refractivity contribution in [3.63, 3.8) is 0 Å². The maximum atomic E-state index is 12.9. The Morgan fingerprint density at radius 1 is 1.25 bits per heavy atom. The lowest BCUT2D eigenvalue weighted by atomic mass is 9.98. The summed E-state index contributed by atoms with van der Waals surface area (Å²) in [6, 6.07) is 6.09. The Kier molecular flexibility index (Phi) is 6.10. The van der Waals surface area contributed by atoms with Crippen LogP contribution in [0.15, 0.2) is 24.3 Å². The minimum atomic E-state index is -0.648. The van der Waals surface area contributed by atoms with Crippen LogP contribution in [-0.2, 0) is 9.53 Å². The van der Waals surface area contributed by atoms with E-state index in [1.165, 1.54) is 0 Å². The number of ether oxygens (including phenoxy) is 1. The first-order chi connectivity index (χ1) is 11.4. The van der Waals surface area contributed by atoms with Crippen LogP contribution >= 0.6 is 11.6 Å². The molecule has 2 rings (SSSR count). The zero-order valence-corrected chi connectivity index (χ0v) is 15.4. The van der Waals surface area contributed by atoms with Crippen LogP contribution < -0.4 is 0 Å². The molecule has 6 heteroatoms. The van der Waals surface area contributed by atoms with E-state index in [1.54, 1.807) is 28.9 Å². The highest BCUT2D eigenvalue weighted by Crippen LogP contribution is 2.37. The molecular formula is C18H25ClN2O3. The van der Waals surface area contributed by atoms with Crippen molar-refractivity contribution < 1.29 is 14.3 Å². The average Bonchev–Trinajstić information content (AvgIpc) is 2.82. The van der Waals surface area contributed by atoms with Crippen LogP contribution in [0.2, 0.25) is 5.02 Å². The van der Waals surface area contributed by atoms with Gasteiger partial charge in [-0.2, -0.15) is 0 Å². The van der Waals surface area contributed by atoms with Crippen molar-refractivity contribution in [1.29, 1.82) is 0 Å². The molecule has 0 spiro atoms. The molecule has 1 heterocycles. The maximum Gasteiger partial charge on any atom is 0.331 e. The van der Waals surface area contributed by atoms with Crippen LogP contribution in [0, 0.1) is 0 Å². The highest BCUT2D eigenvalue weighted by molar-refractivity contribution is 6.30. The molecule has 1 fully saturated rings. The van der Waals surface area contributed by atoms with Gasteiger partial charge < -0.3 is 14.5 Å². The van der Waals surface area contributed by atoms with Gasteiger partial charge in [-0.3, -0.25) is 0 Å². The summed E-state index contributed by atoms with van der Waals surface area (Å²) >= 11 is 5.99. The van der Waals surface area contributed by atoms with Gasteiger partial charge in [0.15, 0.2) is 6.04 Å². The van der Waals surface area contributed by atoms with E-state index >= 15 is 0 Å². The number of rotatable bonds is 6. The second kappa shape index (κ2) is 7.88. The standard InChI is InChI=1S/C18H25ClN2O3/c1-5-11-20-15(13-7-9-14(19)10-8-13)16(17(22)24-6-2)21(12(3)4)18(20)23/h7-10,12,15-16H,5-6,11H2,1-4H3/t15-,16+/m0/s1. The van der Waals surface area contributed by atoms with Crippen molar-refractivity contribution in [2.24, 2.45) is 0 Å². The summed E-state index contributed by atoms with van der Waals surface area (Å²) in [5, 5.41) is 0.624. The third-order valence-corrected chi connectivity index (χ3v) is 4.41. The Labute approximate surface area is 148 Å². The van der Waals surface area contributed by atoms with Crippen molar-refractivity contribution >= 4 is 23.6 Å². The molecule has 1 aromatic rings. The summed E-state index contributed by atoms with van der Waals surface area (Å²) in [5.74, 6) is -0.363. The first-order valence-corrected chi connectivity index (χ1v) is 8.81. The van der Waals surface area contributed by atoms with Crippen LogP contribution in [0.1, 0.15) is 45.7 Å². The van der Waals surface area contributed by atoms with Gasteiger partial charge in [0.05, 0.1) is 12.6 Å². The molecule has 0 unspecified atom stereocenters. The fourth-order valence-corrected chi connectivity index (χ4v) is 3.34. The number of benzene rings is 1. The quantitative estimate of drug-likeness (QED) is 0.730. The number of hydrogen-bond acceptors (Lipinski definition) is 3. The molecule has 1 aliphatic heterocycles. The number of carbonyl (C=O) groups is 2. The molecule has 0 N–H and O–H groups in total. The van der Waals surface area contributed by atoms with Gasteiger partial charge in [0.1, 0.15) is 0 Å². The van der Waals surface area contributed by atoms with Gasteiger partial charge in [-0.05, 0) is 44.9 Å². The SMILES string of the molecule is CCCN1C(=O)N(C(C)C)[C@@H](C(=O)OCC)[C@@H]1c1ccc(Cl)cc1. The second-order valence-electron chi connectivity index (χ2n) is 6.17. The van der Waals surface area contributed by atoms with E-state index in [2.05, 4.69) is 0 Å². The molecule has 0 bridgehead atoms. The lowest BCUT2D eigenvalue weighted by Gasteiger charge is -2.28. The Morgan fingerprint density at radius 2 is 1.88 bits per heavy atom. The van der Waals surface area contributed by atoms with Crippen molar-refractivity contribution in [2.45, 2.75) is 52.2 Å². The first-order valence-electron chi connectivity index (χ1n) is 8.43. The normalized spacial score (nSPS) is 20.8. The zero-order chi connectivity index (χ0) is 17.9. The summed E-state index contributed by atoms with van der Waals surface area (Å²) in [7, 11) is 0. The molecule has 0 radical (unpaired) electrons. The summed E-state index contributed by atoms with van der Waals surface area (Å²) in [6.07, 6.45) is 0.817. The fraction of sp³-hybridized carbons (Fsp3) is 0.556. The van der Waals surface area contributed by atoms with Crippen LogP contribution in [0.5, 0.6) is 0 Å². The first kappa shape index (κ1) is 18.6. The summed E-state index contributed by atoms with van der Waals surface area (Å²) in [6.45, 7) is 8.50. The number of esters is 1. The molecule has 1 aromatic carbocycles. The average molecular weight is 353 g/mol. The lowest BCUT2D eigenvalue weighted by Crippen LogP contribution is -2.45. The van der Waals surface area contributed by atoms with Crippen LogP contribution in [0.4, 0.5) is 4.79 Å². The van der Waals surface area contributed by atoms with Crippen molar-refractivity contribution in [3.8, 4) is 0 Å². The Hall–Kier alpha value is -1.75. The van der Waals surface area contributed by atoms with Crippen LogP contribution in [0.25, 0.3) is 0 Å². The van der Waals surface area contributed by atoms with Gasteiger partial charge in [-0.1, -0.05) is 30.7 Å². The smallest absolute Gasteiger partial charge is 0.331 e. The molecule has 2 atom stereocenters. The van der Waals surface area contributed by atoms with Crippen molar-refractivity contribution in [3.05, 3.63) is 34.9 Å². The minimum absolute atomic E-state index is 0.0939. The van der Waals surface area contributed by atoms with Gasteiger partial charge in [0, 0.05) is 17.6 Å². The van der Waals surface area contributed by atoms with Crippen LogP contribution in [0.3, 0.4) is 0 Å². The molecular weight excluding hydrogens is 328 g/mol. The summed E-state index contributed by atoms with van der Waals surface area (Å²) in [5.41, 5.74) is 0.891. The largest absolute Gasteiger partial charge is 0.464 e. The maximum absolute atomic E-state index is 12.9. The summed E-state index contributed by atoms with van der Waals surface area (Å²) in [4.78, 5) is 29.0. The predicted octanol–water partition coefficient (Wildman–Crippen LogP) is 3.87. The van der Waals surface area contributed by atoms with E-state index in [0.29, 0.717) is 11.6 Å². The topological polar surface area (TPSA) is 49.9 Å². The van der Waals surface area contributed by atoms with Gasteiger partial charge >= 0.3 is 12.0 Å². The number of halogens is 1. The summed E-state index contributed by atoms with van der Waals surface area (Å²) < 4.78 is 5.27. The number of carbonyl (C=O) groups excluding carboxylic acids is 2. The molecule has 0 saturated carbocycles. The molecule has 0 aliphatic carbocycles. The van der Waals surface area contributed by atoms with E-state index in [0.717, 1.165) is 12.0 Å². The number of hydrogen-bond donors (Lipinski definition) is 0. The molecule has 1 aliphatic rings. The van der Waals surface area contributed by atoms with E-state index in [-0.39, 0.29) is 30.7 Å². The number of nitrogens with zero attached hydrogens (tertiary/aromatic N) is 2. The Bertz CT molecular complexity index is 588. The predicted molar refractivity (Wildman–Crippen MR) is 94.0 cm³/mol. The molecule has 5 nitrogen and oxygen atoms in total. The highest BCUT2D eigenvalue weighted by Gasteiger charge is 2.51. The number of urea groups is 1. The van der Waals surface area contributed by atoms with Gasteiger partial charge in [-0.15, -0.1) is 0 Å². The fourth-order valence-electron chi connectivity index (χ4n) is 3.22. The third-order valence-electron chi connectivity index (χ3n) is 4.16. The molecule has 2 amide bonds. The van der Waals surface area contributed by atoms with Crippen molar-refractivity contribution in [1.82, 2.24) is 9.80 Å². The zero-order valence-electron chi connectivity index (χ0n) is 14.7. The van der Waals surface area contributed by atoms with E-state index < -0.39 is 6.04 Å². The van der Waals surface area contributed by atoms with Gasteiger partial charge in [0.2, 0.25) is 0 Å². The molecule has 132 valence electrons. The van der Waals surface area contributed by atoms with Crippen molar-refractivity contribution in [2.75, 3.05) is 13.2 Å². The van der Waals surface area contributed by atoms with Gasteiger partial charge in [0.25, 0.3) is 0 Å². The highest BCUT2D eigenvalue weighted by atomic mass is 35.5. The second-order valence-corrected chi connectivity index (χ2v) is 6.61. The molecule has 24 heavy (non-hydrogen) atoms. The third kappa shape index (κ3) is 3.51. The Balaban J connectivity index is 2.50. The van der Waals surface area contributed by atoms with Gasteiger partial charge in [-0.25, -0.2) is 9.59 Å². The van der Waals surface area contributed by atoms with E-state index in [4.69, 9.17) is 16.3 Å².